The Hall–Kier alpha value is -0.580. The van der Waals surface area contributed by atoms with Crippen molar-refractivity contribution in [2.75, 3.05) is 12.8 Å². The summed E-state index contributed by atoms with van der Waals surface area (Å²) in [4.78, 5) is 12.9. The van der Waals surface area contributed by atoms with Crippen molar-refractivity contribution in [3.63, 3.8) is 0 Å². The van der Waals surface area contributed by atoms with Crippen molar-refractivity contribution in [3.05, 3.63) is 0 Å². The summed E-state index contributed by atoms with van der Waals surface area (Å²) >= 11 is 0. The molecule has 68 valence electrons. The van der Waals surface area contributed by atoms with Crippen LogP contribution in [-0.4, -0.2) is 43.3 Å². The van der Waals surface area contributed by atoms with Gasteiger partial charge < -0.3 is 4.90 Å². The van der Waals surface area contributed by atoms with Crippen LogP contribution in [0.3, 0.4) is 0 Å². The molecule has 4 nitrogen and oxygen atoms in total. The van der Waals surface area contributed by atoms with Crippen molar-refractivity contribution in [1.82, 2.24) is 4.90 Å². The zero-order chi connectivity index (χ0) is 8.93. The molecule has 2 saturated heterocycles. The van der Waals surface area contributed by atoms with Crippen molar-refractivity contribution >= 4 is 15.7 Å². The maximum Gasteiger partial charge on any atom is 0.243 e. The van der Waals surface area contributed by atoms with Crippen LogP contribution < -0.4 is 0 Å². The van der Waals surface area contributed by atoms with Crippen LogP contribution in [0.25, 0.3) is 0 Å². The maximum atomic E-state index is 11.2. The van der Waals surface area contributed by atoms with E-state index in [0.29, 0.717) is 0 Å². The Kier molecular flexibility index (Phi) is 1.49. The first-order valence-electron chi connectivity index (χ1n) is 4.01. The second-order valence-corrected chi connectivity index (χ2v) is 5.66. The van der Waals surface area contributed by atoms with Gasteiger partial charge in [0.2, 0.25) is 5.91 Å². The molecule has 0 spiro atoms. The molecule has 1 amide bonds. The Bertz CT molecular complexity index is 322. The topological polar surface area (TPSA) is 54.5 Å². The number of sulfone groups is 1. The third-order valence-corrected chi connectivity index (χ3v) is 4.07. The molecular formula is C7H11NO3S. The molecular weight excluding hydrogens is 178 g/mol. The second-order valence-electron chi connectivity index (χ2n) is 3.49. The van der Waals surface area contributed by atoms with Crippen LogP contribution >= 0.6 is 0 Å². The molecule has 0 N–H and O–H groups in total. The lowest BCUT2D eigenvalue weighted by molar-refractivity contribution is -0.141. The molecule has 2 aliphatic rings. The minimum absolute atomic E-state index is 0.00694. The van der Waals surface area contributed by atoms with Crippen molar-refractivity contribution in [3.8, 4) is 0 Å². The summed E-state index contributed by atoms with van der Waals surface area (Å²) < 4.78 is 22.2. The number of nitrogens with zero attached hydrogens (tertiary/aromatic N) is 1. The molecule has 0 unspecified atom stereocenters. The van der Waals surface area contributed by atoms with Crippen LogP contribution in [0.4, 0.5) is 0 Å². The van der Waals surface area contributed by atoms with Crippen LogP contribution in [0.5, 0.6) is 0 Å². The molecule has 2 fully saturated rings. The normalized spacial score (nSPS) is 34.8. The summed E-state index contributed by atoms with van der Waals surface area (Å²) in [7, 11) is -3.16. The Morgan fingerprint density at radius 2 is 2.17 bits per heavy atom. The van der Waals surface area contributed by atoms with E-state index in [9.17, 15) is 13.2 Å². The highest BCUT2D eigenvalue weighted by Gasteiger charge is 2.54. The highest BCUT2D eigenvalue weighted by atomic mass is 32.2. The van der Waals surface area contributed by atoms with Crippen molar-refractivity contribution < 1.29 is 13.2 Å². The number of amides is 1. The van der Waals surface area contributed by atoms with Crippen molar-refractivity contribution in [2.45, 2.75) is 24.1 Å². The number of carbonyl (C=O) groups is 1. The molecule has 0 aliphatic carbocycles. The summed E-state index contributed by atoms with van der Waals surface area (Å²) in [5.74, 6) is -0.194. The number of fused-ring (bicyclic) bond motifs is 1. The molecule has 2 heterocycles. The van der Waals surface area contributed by atoms with Gasteiger partial charge in [-0.3, -0.25) is 4.79 Å². The fraction of sp³-hybridized carbons (Fsp3) is 0.857. The van der Waals surface area contributed by atoms with E-state index in [1.165, 1.54) is 0 Å². The minimum Gasteiger partial charge on any atom is -0.337 e. The van der Waals surface area contributed by atoms with Crippen molar-refractivity contribution in [2.24, 2.45) is 0 Å². The van der Waals surface area contributed by atoms with E-state index in [1.807, 2.05) is 0 Å². The fourth-order valence-corrected chi connectivity index (χ4v) is 3.45. The van der Waals surface area contributed by atoms with Gasteiger partial charge in [-0.2, -0.15) is 0 Å². The van der Waals surface area contributed by atoms with Gasteiger partial charge in [0.05, 0.1) is 6.04 Å². The van der Waals surface area contributed by atoms with E-state index in [-0.39, 0.29) is 11.9 Å². The molecule has 0 aromatic carbocycles. The lowest BCUT2D eigenvalue weighted by atomic mass is 10.0. The largest absolute Gasteiger partial charge is 0.337 e. The Morgan fingerprint density at radius 1 is 1.50 bits per heavy atom. The SMILES string of the molecule is CS(=O)(=O)[C@H]1C(=O)N2CCC[C@@H]12. The van der Waals surface area contributed by atoms with Gasteiger partial charge in [-0.05, 0) is 12.8 Å². The number of carbonyl (C=O) groups excluding carboxylic acids is 1. The number of hydrogen-bond donors (Lipinski definition) is 0. The van der Waals surface area contributed by atoms with Gasteiger partial charge in [0.1, 0.15) is 0 Å². The van der Waals surface area contributed by atoms with Crippen LogP contribution in [0.2, 0.25) is 0 Å². The molecule has 0 aromatic rings. The zero-order valence-electron chi connectivity index (χ0n) is 6.86. The van der Waals surface area contributed by atoms with Crippen LogP contribution in [0.15, 0.2) is 0 Å². The van der Waals surface area contributed by atoms with Crippen LogP contribution in [-0.2, 0) is 14.6 Å². The maximum absolute atomic E-state index is 11.2. The summed E-state index contributed by atoms with van der Waals surface area (Å²) in [6, 6.07) is -0.00694. The third kappa shape index (κ3) is 0.888. The minimum atomic E-state index is -3.16. The molecule has 5 heteroatoms. The van der Waals surface area contributed by atoms with E-state index >= 15 is 0 Å². The molecule has 12 heavy (non-hydrogen) atoms. The van der Waals surface area contributed by atoms with Gasteiger partial charge in [0.15, 0.2) is 15.1 Å². The molecule has 2 atom stereocenters. The van der Waals surface area contributed by atoms with E-state index in [2.05, 4.69) is 0 Å². The lowest BCUT2D eigenvalue weighted by Crippen LogP contribution is -2.64. The average molecular weight is 189 g/mol. The monoisotopic (exact) mass is 189 g/mol. The molecule has 0 radical (unpaired) electrons. The molecule has 0 saturated carbocycles. The highest BCUT2D eigenvalue weighted by molar-refractivity contribution is 7.92. The van der Waals surface area contributed by atoms with E-state index in [4.69, 9.17) is 0 Å². The summed E-state index contributed by atoms with van der Waals surface area (Å²) in [5.41, 5.74) is 0. The smallest absolute Gasteiger partial charge is 0.243 e. The fourth-order valence-electron chi connectivity index (χ4n) is 2.10. The van der Waals surface area contributed by atoms with Crippen LogP contribution in [0.1, 0.15) is 12.8 Å². The molecule has 0 bridgehead atoms. The summed E-state index contributed by atoms with van der Waals surface area (Å²) in [6.07, 6.45) is 2.94. The van der Waals surface area contributed by atoms with Gasteiger partial charge in [-0.15, -0.1) is 0 Å². The Labute approximate surface area is 71.5 Å². The van der Waals surface area contributed by atoms with Gasteiger partial charge in [0.25, 0.3) is 0 Å². The van der Waals surface area contributed by atoms with Crippen LogP contribution in [0, 0.1) is 0 Å². The lowest BCUT2D eigenvalue weighted by Gasteiger charge is -2.41. The zero-order valence-corrected chi connectivity index (χ0v) is 7.67. The third-order valence-electron chi connectivity index (χ3n) is 2.64. The van der Waals surface area contributed by atoms with Crippen molar-refractivity contribution in [1.29, 1.82) is 0 Å². The second kappa shape index (κ2) is 2.22. The van der Waals surface area contributed by atoms with Gasteiger partial charge >= 0.3 is 0 Å². The molecule has 2 rings (SSSR count). The average Bonchev–Trinajstić information content (AvgIpc) is 2.27. The highest BCUT2D eigenvalue weighted by Crippen LogP contribution is 2.34. The Morgan fingerprint density at radius 3 is 2.75 bits per heavy atom. The predicted octanol–water partition coefficient (Wildman–Crippen LogP) is -0.596. The number of rotatable bonds is 1. The van der Waals surface area contributed by atoms with E-state index in [0.717, 1.165) is 25.6 Å². The quantitative estimate of drug-likeness (QED) is 0.518. The number of β-lactam (4-membered cyclic amide) rings is 1. The first kappa shape index (κ1) is 8.04. The summed E-state index contributed by atoms with van der Waals surface area (Å²) in [5, 5.41) is -0.722. The Balaban J connectivity index is 2.26. The van der Waals surface area contributed by atoms with Gasteiger partial charge in [-0.25, -0.2) is 8.42 Å². The first-order chi connectivity index (χ1) is 5.52. The van der Waals surface area contributed by atoms with E-state index in [1.54, 1.807) is 4.90 Å². The van der Waals surface area contributed by atoms with E-state index < -0.39 is 15.1 Å². The molecule has 0 aromatic heterocycles. The first-order valence-corrected chi connectivity index (χ1v) is 5.96. The predicted molar refractivity (Wildman–Crippen MR) is 43.4 cm³/mol. The number of hydrogen-bond acceptors (Lipinski definition) is 3. The van der Waals surface area contributed by atoms with Gasteiger partial charge in [-0.1, -0.05) is 0 Å². The standard InChI is InChI=1S/C7H11NO3S/c1-12(10,11)6-5-3-2-4-8(5)7(6)9/h5-6H,2-4H2,1H3/t5-,6+/m0/s1. The van der Waals surface area contributed by atoms with Gasteiger partial charge in [0, 0.05) is 12.8 Å². The molecule has 2 aliphatic heterocycles. The summed E-state index contributed by atoms with van der Waals surface area (Å²) in [6.45, 7) is 0.746.